The molecule has 1 aromatic rings. The summed E-state index contributed by atoms with van der Waals surface area (Å²) in [4.78, 5) is 11.2. The fourth-order valence-corrected chi connectivity index (χ4v) is 2.01. The average molecular weight is 267 g/mol. The molecule has 0 aliphatic rings. The highest BCUT2D eigenvalue weighted by molar-refractivity contribution is 6.17. The van der Waals surface area contributed by atoms with Gasteiger partial charge in [-0.2, -0.15) is 0 Å². The molecule has 0 atom stereocenters. The molecule has 0 aliphatic carbocycles. The van der Waals surface area contributed by atoms with Gasteiger partial charge in [-0.3, -0.25) is 0 Å². The second-order valence-electron chi connectivity index (χ2n) is 4.43. The zero-order chi connectivity index (χ0) is 13.7. The fraction of sp³-hybridized carbons (Fsp3) is 0.400. The Kier molecular flexibility index (Phi) is 5.42. The molecule has 0 radical (unpaired) electrons. The molecule has 3 heteroatoms. The number of carbonyl (C=O) groups is 1. The second-order valence-corrected chi connectivity index (χ2v) is 4.70. The number of benzene rings is 1. The molecule has 0 saturated heterocycles. The minimum absolute atomic E-state index is 0.332. The van der Waals surface area contributed by atoms with Crippen LogP contribution in [0.25, 0.3) is 0 Å². The number of hydrogen-bond acceptors (Lipinski definition) is 2. The van der Waals surface area contributed by atoms with Gasteiger partial charge in [0, 0.05) is 17.9 Å². The van der Waals surface area contributed by atoms with Gasteiger partial charge in [0.25, 0.3) is 0 Å². The summed E-state index contributed by atoms with van der Waals surface area (Å²) in [6.45, 7) is 9.71. The van der Waals surface area contributed by atoms with Crippen LogP contribution in [-0.2, 0) is 21.8 Å². The van der Waals surface area contributed by atoms with Crippen molar-refractivity contribution in [3.8, 4) is 0 Å². The highest BCUT2D eigenvalue weighted by Crippen LogP contribution is 2.19. The molecule has 18 heavy (non-hydrogen) atoms. The van der Waals surface area contributed by atoms with Crippen molar-refractivity contribution in [1.82, 2.24) is 0 Å². The molecule has 0 unspecified atom stereocenters. The van der Waals surface area contributed by atoms with E-state index in [1.165, 1.54) is 16.7 Å². The Bertz CT molecular complexity index is 464. The van der Waals surface area contributed by atoms with Crippen LogP contribution in [0.5, 0.6) is 0 Å². The molecule has 0 heterocycles. The standard InChI is InChI=1S/C15H19ClO2/c1-10(2)15(17)18-8-7-13-5-6-14(9-16)12(4)11(13)3/h5-6H,1,7-9H2,2-4H3. The molecule has 0 bridgehead atoms. The Morgan fingerprint density at radius 3 is 2.39 bits per heavy atom. The summed E-state index contributed by atoms with van der Waals surface area (Å²) < 4.78 is 5.09. The number of alkyl halides is 1. The van der Waals surface area contributed by atoms with Crippen LogP contribution in [0.15, 0.2) is 24.3 Å². The topological polar surface area (TPSA) is 26.3 Å². The van der Waals surface area contributed by atoms with Gasteiger partial charge in [-0.15, -0.1) is 11.6 Å². The molecule has 1 aromatic carbocycles. The molecule has 0 saturated carbocycles. The third kappa shape index (κ3) is 3.61. The summed E-state index contributed by atoms with van der Waals surface area (Å²) in [5.74, 6) is 0.194. The van der Waals surface area contributed by atoms with E-state index in [1.807, 2.05) is 6.07 Å². The maximum Gasteiger partial charge on any atom is 0.333 e. The van der Waals surface area contributed by atoms with Gasteiger partial charge in [-0.25, -0.2) is 4.79 Å². The van der Waals surface area contributed by atoms with Gasteiger partial charge in [0.05, 0.1) is 6.61 Å². The Labute approximate surface area is 114 Å². The summed E-state index contributed by atoms with van der Waals surface area (Å²) in [5.41, 5.74) is 5.21. The van der Waals surface area contributed by atoms with E-state index in [9.17, 15) is 4.79 Å². The maximum absolute atomic E-state index is 11.2. The van der Waals surface area contributed by atoms with Crippen molar-refractivity contribution in [2.24, 2.45) is 0 Å². The average Bonchev–Trinajstić information content (AvgIpc) is 2.34. The van der Waals surface area contributed by atoms with Gasteiger partial charge in [-0.05, 0) is 43.0 Å². The Hall–Kier alpha value is -1.28. The van der Waals surface area contributed by atoms with Crippen molar-refractivity contribution >= 4 is 17.6 Å². The predicted octanol–water partition coefficient (Wildman–Crippen LogP) is 3.70. The summed E-state index contributed by atoms with van der Waals surface area (Å²) in [5, 5.41) is 0. The van der Waals surface area contributed by atoms with E-state index < -0.39 is 0 Å². The van der Waals surface area contributed by atoms with E-state index in [4.69, 9.17) is 16.3 Å². The molecule has 0 spiro atoms. The van der Waals surface area contributed by atoms with Gasteiger partial charge in [0.1, 0.15) is 0 Å². The monoisotopic (exact) mass is 266 g/mol. The minimum atomic E-state index is -0.332. The molecule has 1 rings (SSSR count). The zero-order valence-electron chi connectivity index (χ0n) is 11.2. The van der Waals surface area contributed by atoms with E-state index in [2.05, 4.69) is 26.5 Å². The molecule has 98 valence electrons. The molecule has 2 nitrogen and oxygen atoms in total. The van der Waals surface area contributed by atoms with Crippen molar-refractivity contribution in [2.45, 2.75) is 33.1 Å². The van der Waals surface area contributed by atoms with Crippen molar-refractivity contribution < 1.29 is 9.53 Å². The Balaban J connectivity index is 2.66. The van der Waals surface area contributed by atoms with Crippen LogP contribution >= 0.6 is 11.6 Å². The van der Waals surface area contributed by atoms with E-state index in [0.29, 0.717) is 24.5 Å². The lowest BCUT2D eigenvalue weighted by atomic mass is 9.97. The lowest BCUT2D eigenvalue weighted by Crippen LogP contribution is -2.09. The Morgan fingerprint density at radius 1 is 1.28 bits per heavy atom. The van der Waals surface area contributed by atoms with Crippen molar-refractivity contribution in [2.75, 3.05) is 6.61 Å². The number of ether oxygens (including phenoxy) is 1. The predicted molar refractivity (Wildman–Crippen MR) is 75.0 cm³/mol. The summed E-state index contributed by atoms with van der Waals surface area (Å²) in [7, 11) is 0. The maximum atomic E-state index is 11.2. The second kappa shape index (κ2) is 6.60. The highest BCUT2D eigenvalue weighted by atomic mass is 35.5. The lowest BCUT2D eigenvalue weighted by molar-refractivity contribution is -0.138. The molecule has 0 aliphatic heterocycles. The van der Waals surface area contributed by atoms with Gasteiger partial charge >= 0.3 is 5.97 Å². The first-order valence-electron chi connectivity index (χ1n) is 5.94. The number of hydrogen-bond donors (Lipinski definition) is 0. The van der Waals surface area contributed by atoms with E-state index >= 15 is 0 Å². The first kappa shape index (κ1) is 14.8. The van der Waals surface area contributed by atoms with E-state index in [0.717, 1.165) is 5.56 Å². The van der Waals surface area contributed by atoms with Gasteiger partial charge in [0.15, 0.2) is 0 Å². The highest BCUT2D eigenvalue weighted by Gasteiger charge is 2.07. The SMILES string of the molecule is C=C(C)C(=O)OCCc1ccc(CCl)c(C)c1C. The van der Waals surface area contributed by atoms with E-state index in [-0.39, 0.29) is 5.97 Å². The molecular weight excluding hydrogens is 248 g/mol. The quantitative estimate of drug-likeness (QED) is 0.461. The van der Waals surface area contributed by atoms with Crippen LogP contribution in [0.2, 0.25) is 0 Å². The fourth-order valence-electron chi connectivity index (χ4n) is 1.73. The summed E-state index contributed by atoms with van der Waals surface area (Å²) in [6.07, 6.45) is 0.717. The van der Waals surface area contributed by atoms with Crippen LogP contribution in [0.1, 0.15) is 29.2 Å². The smallest absolute Gasteiger partial charge is 0.333 e. The molecular formula is C15H19ClO2. The Morgan fingerprint density at radius 2 is 1.83 bits per heavy atom. The van der Waals surface area contributed by atoms with Gasteiger partial charge < -0.3 is 4.74 Å². The van der Waals surface area contributed by atoms with Crippen LogP contribution in [-0.4, -0.2) is 12.6 Å². The van der Waals surface area contributed by atoms with Crippen LogP contribution in [0, 0.1) is 13.8 Å². The number of rotatable bonds is 5. The number of esters is 1. The summed E-state index contributed by atoms with van der Waals surface area (Å²) in [6, 6.07) is 4.08. The van der Waals surface area contributed by atoms with Crippen LogP contribution in [0.3, 0.4) is 0 Å². The lowest BCUT2D eigenvalue weighted by Gasteiger charge is -2.12. The van der Waals surface area contributed by atoms with Crippen molar-refractivity contribution in [3.63, 3.8) is 0 Å². The molecule has 0 N–H and O–H groups in total. The summed E-state index contributed by atoms with van der Waals surface area (Å²) >= 11 is 5.86. The third-order valence-electron chi connectivity index (χ3n) is 3.11. The van der Waals surface area contributed by atoms with Gasteiger partial charge in [0.2, 0.25) is 0 Å². The zero-order valence-corrected chi connectivity index (χ0v) is 11.9. The van der Waals surface area contributed by atoms with Crippen LogP contribution < -0.4 is 0 Å². The minimum Gasteiger partial charge on any atom is -0.462 e. The van der Waals surface area contributed by atoms with Crippen LogP contribution in [0.4, 0.5) is 0 Å². The van der Waals surface area contributed by atoms with Crippen molar-refractivity contribution in [3.05, 3.63) is 46.5 Å². The third-order valence-corrected chi connectivity index (χ3v) is 3.40. The number of carbonyl (C=O) groups excluding carboxylic acids is 1. The first-order valence-corrected chi connectivity index (χ1v) is 6.47. The largest absolute Gasteiger partial charge is 0.462 e. The van der Waals surface area contributed by atoms with E-state index in [1.54, 1.807) is 6.92 Å². The first-order chi connectivity index (χ1) is 8.47. The molecule has 0 aromatic heterocycles. The molecule has 0 fully saturated rings. The normalized spacial score (nSPS) is 10.2. The van der Waals surface area contributed by atoms with Gasteiger partial charge in [-0.1, -0.05) is 18.7 Å². The number of halogens is 1. The molecule has 0 amide bonds. The van der Waals surface area contributed by atoms with Crippen molar-refractivity contribution in [1.29, 1.82) is 0 Å².